The van der Waals surface area contributed by atoms with Gasteiger partial charge in [-0.1, -0.05) is 39.6 Å². The standard InChI is InChI=1S/C25H24Cl2N6O2/c26-19-2-1-3-20(27)22(19)23-18(24(35-31-23)13-4-5-13)12-34-17-6-14-10-33(11-15(14)7-17)16-8-21-25(28-9-16)30-32-29-21/h1-3,8-9,13-15,17H,4-7,10-12H2,(H,28,29,30,32)/t14-,15+,17+. The van der Waals surface area contributed by atoms with Crippen molar-refractivity contribution in [3.05, 3.63) is 51.8 Å². The van der Waals surface area contributed by atoms with E-state index in [1.807, 2.05) is 24.4 Å². The minimum absolute atomic E-state index is 0.223. The summed E-state index contributed by atoms with van der Waals surface area (Å²) < 4.78 is 12.3. The molecule has 3 fully saturated rings. The number of rotatable bonds is 6. The number of aromatic nitrogens is 5. The van der Waals surface area contributed by atoms with Crippen molar-refractivity contribution in [1.29, 1.82) is 0 Å². The Kier molecular flexibility index (Phi) is 5.22. The Balaban J connectivity index is 1.05. The van der Waals surface area contributed by atoms with Gasteiger partial charge in [-0.2, -0.15) is 0 Å². The number of H-pyrrole nitrogens is 1. The molecule has 180 valence electrons. The first-order chi connectivity index (χ1) is 17.1. The Hall–Kier alpha value is -2.68. The van der Waals surface area contributed by atoms with E-state index in [2.05, 4.69) is 36.5 Å². The van der Waals surface area contributed by atoms with E-state index in [4.69, 9.17) is 32.5 Å². The van der Waals surface area contributed by atoms with Gasteiger partial charge in [0, 0.05) is 30.1 Å². The first kappa shape index (κ1) is 21.6. The molecule has 0 bridgehead atoms. The van der Waals surface area contributed by atoms with Crippen molar-refractivity contribution in [1.82, 2.24) is 25.6 Å². The molecule has 3 atom stereocenters. The number of hydrogen-bond acceptors (Lipinski definition) is 7. The van der Waals surface area contributed by atoms with Gasteiger partial charge in [0.2, 0.25) is 5.65 Å². The number of benzene rings is 1. The number of pyridine rings is 1. The third-order valence-electron chi connectivity index (χ3n) is 7.67. The minimum atomic E-state index is 0.223. The lowest BCUT2D eigenvalue weighted by Gasteiger charge is -2.21. The van der Waals surface area contributed by atoms with Crippen molar-refractivity contribution in [3.8, 4) is 11.3 Å². The van der Waals surface area contributed by atoms with Crippen LogP contribution in [0.15, 0.2) is 35.0 Å². The van der Waals surface area contributed by atoms with Crippen molar-refractivity contribution in [2.24, 2.45) is 11.8 Å². The van der Waals surface area contributed by atoms with Crippen molar-refractivity contribution < 1.29 is 9.26 Å². The lowest BCUT2D eigenvalue weighted by atomic mass is 10.0. The second kappa shape index (κ2) is 8.47. The Morgan fingerprint density at radius 1 is 1.11 bits per heavy atom. The normalized spacial score (nSPS) is 23.9. The Morgan fingerprint density at radius 3 is 2.63 bits per heavy atom. The van der Waals surface area contributed by atoms with Gasteiger partial charge in [0.1, 0.15) is 17.0 Å². The molecule has 1 aromatic carbocycles. The van der Waals surface area contributed by atoms with Gasteiger partial charge in [0.25, 0.3) is 0 Å². The highest BCUT2D eigenvalue weighted by Crippen LogP contribution is 2.47. The van der Waals surface area contributed by atoms with E-state index in [-0.39, 0.29) is 6.10 Å². The maximum atomic E-state index is 6.50. The van der Waals surface area contributed by atoms with Gasteiger partial charge in [0.15, 0.2) is 0 Å². The lowest BCUT2D eigenvalue weighted by Crippen LogP contribution is -2.23. The highest BCUT2D eigenvalue weighted by Gasteiger charge is 2.42. The van der Waals surface area contributed by atoms with Crippen LogP contribution in [0.25, 0.3) is 22.4 Å². The molecule has 10 heteroatoms. The molecule has 0 unspecified atom stereocenters. The number of anilines is 1. The van der Waals surface area contributed by atoms with E-state index >= 15 is 0 Å². The molecular weight excluding hydrogens is 487 g/mol. The van der Waals surface area contributed by atoms with Gasteiger partial charge in [-0.25, -0.2) is 4.98 Å². The average molecular weight is 511 g/mol. The zero-order valence-electron chi connectivity index (χ0n) is 19.0. The van der Waals surface area contributed by atoms with Crippen molar-refractivity contribution >= 4 is 40.1 Å². The third kappa shape index (κ3) is 3.88. The van der Waals surface area contributed by atoms with Crippen LogP contribution in [0.3, 0.4) is 0 Å². The number of halogens is 2. The van der Waals surface area contributed by atoms with Crippen molar-refractivity contribution in [2.45, 2.75) is 44.3 Å². The zero-order valence-corrected chi connectivity index (χ0v) is 20.5. The summed E-state index contributed by atoms with van der Waals surface area (Å²) in [5.74, 6) is 2.57. The zero-order chi connectivity index (χ0) is 23.5. The maximum absolute atomic E-state index is 6.50. The highest BCUT2D eigenvalue weighted by molar-refractivity contribution is 6.39. The minimum Gasteiger partial charge on any atom is -0.373 e. The van der Waals surface area contributed by atoms with Crippen LogP contribution in [0.1, 0.15) is 42.9 Å². The summed E-state index contributed by atoms with van der Waals surface area (Å²) in [7, 11) is 0. The van der Waals surface area contributed by atoms with Crippen molar-refractivity contribution in [2.75, 3.05) is 18.0 Å². The maximum Gasteiger partial charge on any atom is 0.201 e. The predicted molar refractivity (Wildman–Crippen MR) is 133 cm³/mol. The third-order valence-corrected chi connectivity index (χ3v) is 8.30. The van der Waals surface area contributed by atoms with Gasteiger partial charge in [-0.05, 0) is 55.7 Å². The monoisotopic (exact) mass is 510 g/mol. The second-order valence-corrected chi connectivity index (χ2v) is 10.8. The van der Waals surface area contributed by atoms with Crippen LogP contribution in [-0.4, -0.2) is 44.7 Å². The first-order valence-corrected chi connectivity index (χ1v) is 12.9. The second-order valence-electron chi connectivity index (χ2n) is 9.95. The Labute approximate surface area is 211 Å². The summed E-state index contributed by atoms with van der Waals surface area (Å²) in [6, 6.07) is 7.59. The van der Waals surface area contributed by atoms with Crippen LogP contribution in [0, 0.1) is 11.8 Å². The van der Waals surface area contributed by atoms with Crippen LogP contribution in [0.5, 0.6) is 0 Å². The summed E-state index contributed by atoms with van der Waals surface area (Å²) in [6.07, 6.45) is 6.46. The fraction of sp³-hybridized carbons (Fsp3) is 0.440. The van der Waals surface area contributed by atoms with E-state index in [0.717, 1.165) is 66.9 Å². The smallest absolute Gasteiger partial charge is 0.201 e. The molecule has 3 aliphatic rings. The Morgan fingerprint density at radius 2 is 1.89 bits per heavy atom. The molecule has 0 radical (unpaired) electrons. The van der Waals surface area contributed by atoms with E-state index in [0.29, 0.717) is 45.7 Å². The van der Waals surface area contributed by atoms with Crippen LogP contribution in [0.4, 0.5) is 5.69 Å². The predicted octanol–water partition coefficient (Wildman–Crippen LogP) is 5.62. The number of ether oxygens (including phenoxy) is 1. The molecule has 0 spiro atoms. The van der Waals surface area contributed by atoms with Crippen LogP contribution >= 0.6 is 23.2 Å². The molecular formula is C25H24Cl2N6O2. The van der Waals surface area contributed by atoms with Crippen LogP contribution in [-0.2, 0) is 11.3 Å². The highest BCUT2D eigenvalue weighted by atomic mass is 35.5. The van der Waals surface area contributed by atoms with Crippen LogP contribution < -0.4 is 4.90 Å². The van der Waals surface area contributed by atoms with Crippen molar-refractivity contribution in [3.63, 3.8) is 0 Å². The van der Waals surface area contributed by atoms with Crippen LogP contribution in [0.2, 0.25) is 10.0 Å². The van der Waals surface area contributed by atoms with Gasteiger partial charge >= 0.3 is 0 Å². The van der Waals surface area contributed by atoms with Gasteiger partial charge in [0.05, 0.1) is 34.6 Å². The van der Waals surface area contributed by atoms with Gasteiger partial charge in [-0.15, -0.1) is 5.10 Å². The molecule has 2 aliphatic carbocycles. The molecule has 35 heavy (non-hydrogen) atoms. The molecule has 1 saturated heterocycles. The molecule has 1 aliphatic heterocycles. The lowest BCUT2D eigenvalue weighted by molar-refractivity contribution is 0.0403. The van der Waals surface area contributed by atoms with Gasteiger partial charge in [-0.3, -0.25) is 5.10 Å². The summed E-state index contributed by atoms with van der Waals surface area (Å²) >= 11 is 13.0. The number of hydrogen-bond donors (Lipinski definition) is 1. The summed E-state index contributed by atoms with van der Waals surface area (Å²) in [4.78, 5) is 6.84. The summed E-state index contributed by atoms with van der Waals surface area (Å²) in [6.45, 7) is 2.49. The fourth-order valence-electron chi connectivity index (χ4n) is 5.75. The van der Waals surface area contributed by atoms with E-state index < -0.39 is 0 Å². The number of nitrogens with one attached hydrogen (secondary N) is 1. The molecule has 7 rings (SSSR count). The number of aromatic amines is 1. The molecule has 2 saturated carbocycles. The van der Waals surface area contributed by atoms with E-state index in [1.54, 1.807) is 0 Å². The fourth-order valence-corrected chi connectivity index (χ4v) is 6.32. The molecule has 4 aromatic rings. The quantitative estimate of drug-likeness (QED) is 0.359. The molecule has 3 aromatic heterocycles. The van der Waals surface area contributed by atoms with E-state index in [1.165, 1.54) is 0 Å². The number of fused-ring (bicyclic) bond motifs is 2. The van der Waals surface area contributed by atoms with Gasteiger partial charge < -0.3 is 14.2 Å². The largest absolute Gasteiger partial charge is 0.373 e. The molecule has 0 amide bonds. The Bertz CT molecular complexity index is 1370. The molecule has 1 N–H and O–H groups in total. The molecule has 4 heterocycles. The first-order valence-electron chi connectivity index (χ1n) is 12.1. The topological polar surface area (TPSA) is 93.0 Å². The summed E-state index contributed by atoms with van der Waals surface area (Å²) in [5, 5.41) is 16.3. The summed E-state index contributed by atoms with van der Waals surface area (Å²) in [5.41, 5.74) is 5.07. The number of nitrogens with zero attached hydrogens (tertiary/aromatic N) is 5. The molecule has 8 nitrogen and oxygen atoms in total. The SMILES string of the molecule is Clc1cccc(Cl)c1-c1noc(C2CC2)c1CO[C@H]1C[C@@H]2CN(c3cnc4nn[nH]c4c3)C[C@@H]2C1. The average Bonchev–Trinajstić information content (AvgIpc) is 3.16. The van der Waals surface area contributed by atoms with E-state index in [9.17, 15) is 0 Å².